The van der Waals surface area contributed by atoms with Crippen LogP contribution >= 0.6 is 15.9 Å². The fourth-order valence-corrected chi connectivity index (χ4v) is 1.53. The molecule has 0 fully saturated rings. The standard InChI is InChI=1S/C9H15BrN4O/c1-6(5-15-2)4-12-9-13-7(10)3-8(11)14-9/h3,6H,4-5H2,1-2H3,(H3,11,12,13,14). The summed E-state index contributed by atoms with van der Waals surface area (Å²) in [6.45, 7) is 3.54. The van der Waals surface area contributed by atoms with Gasteiger partial charge in [-0.1, -0.05) is 6.92 Å². The lowest BCUT2D eigenvalue weighted by Gasteiger charge is -2.11. The molecular weight excluding hydrogens is 260 g/mol. The molecule has 3 N–H and O–H groups in total. The van der Waals surface area contributed by atoms with E-state index in [0.29, 0.717) is 28.9 Å². The highest BCUT2D eigenvalue weighted by atomic mass is 79.9. The first kappa shape index (κ1) is 12.2. The molecule has 1 aromatic heterocycles. The van der Waals surface area contributed by atoms with Gasteiger partial charge in [-0.25, -0.2) is 4.98 Å². The highest BCUT2D eigenvalue weighted by molar-refractivity contribution is 9.10. The number of aromatic nitrogens is 2. The van der Waals surface area contributed by atoms with Crippen LogP contribution in [0.15, 0.2) is 10.7 Å². The second kappa shape index (κ2) is 5.87. The van der Waals surface area contributed by atoms with Gasteiger partial charge in [0.05, 0.1) is 6.61 Å². The quantitative estimate of drug-likeness (QED) is 0.797. The lowest BCUT2D eigenvalue weighted by atomic mass is 10.2. The van der Waals surface area contributed by atoms with Crippen LogP contribution in [0.25, 0.3) is 0 Å². The molecule has 84 valence electrons. The van der Waals surface area contributed by atoms with Crippen molar-refractivity contribution in [3.05, 3.63) is 10.7 Å². The summed E-state index contributed by atoms with van der Waals surface area (Å²) < 4.78 is 5.70. The van der Waals surface area contributed by atoms with Crippen LogP contribution in [-0.4, -0.2) is 30.2 Å². The second-order valence-corrected chi connectivity index (χ2v) is 4.19. The fourth-order valence-electron chi connectivity index (χ4n) is 1.12. The lowest BCUT2D eigenvalue weighted by molar-refractivity contribution is 0.164. The van der Waals surface area contributed by atoms with Crippen molar-refractivity contribution in [2.45, 2.75) is 6.92 Å². The molecule has 6 heteroatoms. The number of rotatable bonds is 5. The van der Waals surface area contributed by atoms with Gasteiger partial charge in [0.2, 0.25) is 5.95 Å². The third kappa shape index (κ3) is 4.44. The Bertz CT molecular complexity index is 301. The van der Waals surface area contributed by atoms with E-state index in [4.69, 9.17) is 10.5 Å². The molecule has 0 saturated heterocycles. The van der Waals surface area contributed by atoms with E-state index in [9.17, 15) is 0 Å². The summed E-state index contributed by atoms with van der Waals surface area (Å²) in [5.74, 6) is 1.38. The summed E-state index contributed by atoms with van der Waals surface area (Å²) in [4.78, 5) is 8.19. The van der Waals surface area contributed by atoms with Crippen molar-refractivity contribution in [3.8, 4) is 0 Å². The SMILES string of the molecule is COCC(C)CNc1nc(N)cc(Br)n1. The van der Waals surface area contributed by atoms with E-state index in [1.54, 1.807) is 13.2 Å². The maximum absolute atomic E-state index is 5.58. The predicted octanol–water partition coefficient (Wildman–Crippen LogP) is 1.52. The monoisotopic (exact) mass is 274 g/mol. The number of methoxy groups -OCH3 is 1. The molecule has 1 heterocycles. The Morgan fingerprint density at radius 1 is 1.60 bits per heavy atom. The van der Waals surface area contributed by atoms with Gasteiger partial charge in [-0.2, -0.15) is 4.98 Å². The zero-order chi connectivity index (χ0) is 11.3. The van der Waals surface area contributed by atoms with Crippen molar-refractivity contribution in [2.75, 3.05) is 31.3 Å². The van der Waals surface area contributed by atoms with Gasteiger partial charge >= 0.3 is 0 Å². The molecule has 1 aromatic rings. The maximum atomic E-state index is 5.58. The van der Waals surface area contributed by atoms with E-state index in [-0.39, 0.29) is 0 Å². The van der Waals surface area contributed by atoms with Crippen LogP contribution in [0.1, 0.15) is 6.92 Å². The first-order valence-electron chi connectivity index (χ1n) is 4.64. The van der Waals surface area contributed by atoms with Gasteiger partial charge < -0.3 is 15.8 Å². The first-order chi connectivity index (χ1) is 7.11. The molecule has 1 unspecified atom stereocenters. The van der Waals surface area contributed by atoms with E-state index < -0.39 is 0 Å². The average Bonchev–Trinajstić information content (AvgIpc) is 2.14. The van der Waals surface area contributed by atoms with Crippen LogP contribution in [0.4, 0.5) is 11.8 Å². The maximum Gasteiger partial charge on any atom is 0.225 e. The van der Waals surface area contributed by atoms with Crippen molar-refractivity contribution in [2.24, 2.45) is 5.92 Å². The highest BCUT2D eigenvalue weighted by Crippen LogP contribution is 2.12. The molecule has 0 saturated carbocycles. The predicted molar refractivity (Wildman–Crippen MR) is 63.7 cm³/mol. The third-order valence-electron chi connectivity index (χ3n) is 1.77. The van der Waals surface area contributed by atoms with Gasteiger partial charge in [-0.05, 0) is 21.8 Å². The van der Waals surface area contributed by atoms with E-state index in [0.717, 1.165) is 6.54 Å². The number of anilines is 2. The normalized spacial score (nSPS) is 12.5. The zero-order valence-corrected chi connectivity index (χ0v) is 10.4. The van der Waals surface area contributed by atoms with Gasteiger partial charge in [-0.3, -0.25) is 0 Å². The Morgan fingerprint density at radius 2 is 2.33 bits per heavy atom. The van der Waals surface area contributed by atoms with Crippen LogP contribution in [0.3, 0.4) is 0 Å². The summed E-state index contributed by atoms with van der Waals surface area (Å²) in [6.07, 6.45) is 0. The molecule has 0 bridgehead atoms. The number of hydrogen-bond donors (Lipinski definition) is 2. The lowest BCUT2D eigenvalue weighted by Crippen LogP contribution is -2.17. The number of halogens is 1. The Hall–Kier alpha value is -0.880. The molecule has 15 heavy (non-hydrogen) atoms. The number of hydrogen-bond acceptors (Lipinski definition) is 5. The number of nitrogens with zero attached hydrogens (tertiary/aromatic N) is 2. The minimum Gasteiger partial charge on any atom is -0.384 e. The third-order valence-corrected chi connectivity index (χ3v) is 2.18. The van der Waals surface area contributed by atoms with Crippen LogP contribution < -0.4 is 11.1 Å². The first-order valence-corrected chi connectivity index (χ1v) is 5.44. The molecule has 0 amide bonds. The molecule has 5 nitrogen and oxygen atoms in total. The minimum atomic E-state index is 0.402. The molecule has 0 aliphatic carbocycles. The topological polar surface area (TPSA) is 73.1 Å². The molecule has 0 aromatic carbocycles. The fraction of sp³-hybridized carbons (Fsp3) is 0.556. The summed E-state index contributed by atoms with van der Waals surface area (Å²) in [5, 5.41) is 3.10. The number of nitrogen functional groups attached to an aromatic ring is 1. The molecular formula is C9H15BrN4O. The Balaban J connectivity index is 2.50. The number of ether oxygens (including phenoxy) is 1. The minimum absolute atomic E-state index is 0.402. The van der Waals surface area contributed by atoms with Crippen molar-refractivity contribution >= 4 is 27.7 Å². The smallest absolute Gasteiger partial charge is 0.225 e. The Morgan fingerprint density at radius 3 is 2.93 bits per heavy atom. The molecule has 1 atom stereocenters. The van der Waals surface area contributed by atoms with Crippen LogP contribution in [-0.2, 0) is 4.74 Å². The number of nitrogens with two attached hydrogens (primary N) is 1. The van der Waals surface area contributed by atoms with Gasteiger partial charge in [-0.15, -0.1) is 0 Å². The summed E-state index contributed by atoms with van der Waals surface area (Å²) in [7, 11) is 1.68. The molecule has 0 radical (unpaired) electrons. The van der Waals surface area contributed by atoms with Crippen molar-refractivity contribution in [3.63, 3.8) is 0 Å². The van der Waals surface area contributed by atoms with Crippen LogP contribution in [0, 0.1) is 5.92 Å². The van der Waals surface area contributed by atoms with E-state index in [1.807, 2.05) is 0 Å². The van der Waals surface area contributed by atoms with Crippen molar-refractivity contribution in [1.29, 1.82) is 0 Å². The van der Waals surface area contributed by atoms with Gasteiger partial charge in [0.15, 0.2) is 0 Å². The Labute approximate surface area is 97.6 Å². The molecule has 0 spiro atoms. The Kier molecular flexibility index (Phi) is 4.77. The zero-order valence-electron chi connectivity index (χ0n) is 8.83. The van der Waals surface area contributed by atoms with E-state index >= 15 is 0 Å². The summed E-state index contributed by atoms with van der Waals surface area (Å²) in [6, 6.07) is 1.66. The van der Waals surface area contributed by atoms with Crippen molar-refractivity contribution < 1.29 is 4.74 Å². The van der Waals surface area contributed by atoms with Crippen LogP contribution in [0.2, 0.25) is 0 Å². The van der Waals surface area contributed by atoms with Gasteiger partial charge in [0.1, 0.15) is 10.4 Å². The van der Waals surface area contributed by atoms with Crippen molar-refractivity contribution in [1.82, 2.24) is 9.97 Å². The highest BCUT2D eigenvalue weighted by Gasteiger charge is 2.04. The molecule has 0 aliphatic heterocycles. The van der Waals surface area contributed by atoms with Gasteiger partial charge in [0, 0.05) is 19.7 Å². The van der Waals surface area contributed by atoms with E-state index in [1.165, 1.54) is 0 Å². The average molecular weight is 275 g/mol. The van der Waals surface area contributed by atoms with Crippen LogP contribution in [0.5, 0.6) is 0 Å². The van der Waals surface area contributed by atoms with Gasteiger partial charge in [0.25, 0.3) is 0 Å². The number of nitrogens with one attached hydrogen (secondary N) is 1. The summed E-state index contributed by atoms with van der Waals surface area (Å²) in [5.41, 5.74) is 5.58. The second-order valence-electron chi connectivity index (χ2n) is 3.38. The van der Waals surface area contributed by atoms with E-state index in [2.05, 4.69) is 38.1 Å². The molecule has 0 aliphatic rings. The summed E-state index contributed by atoms with van der Waals surface area (Å²) >= 11 is 3.25. The largest absolute Gasteiger partial charge is 0.384 e. The molecule has 1 rings (SSSR count).